The number of nitrogens with one attached hydrogen (secondary N) is 1. The van der Waals surface area contributed by atoms with Gasteiger partial charge in [0, 0.05) is 69.8 Å². The Morgan fingerprint density at radius 1 is 1.14 bits per heavy atom. The molecule has 3 rings (SSSR count). The molecule has 1 aromatic rings. The zero-order chi connectivity index (χ0) is 37.4. The van der Waals surface area contributed by atoms with Crippen LogP contribution < -0.4 is 5.32 Å². The van der Waals surface area contributed by atoms with Crippen molar-refractivity contribution in [3.05, 3.63) is 35.9 Å². The number of aliphatic hydroxyl groups is 3. The van der Waals surface area contributed by atoms with Gasteiger partial charge in [0.1, 0.15) is 8.42 Å². The minimum Gasteiger partial charge on any atom is -0.465 e. The molecule has 0 spiro atoms. The fourth-order valence-electron chi connectivity index (χ4n) is 6.37. The number of fused-ring (bicyclic) bond motifs is 1. The van der Waals surface area contributed by atoms with Crippen molar-refractivity contribution >= 4 is 43.6 Å². The number of aliphatic hydroxyl groups excluding tert-OH is 3. The quantitative estimate of drug-likeness (QED) is 0.0542. The molecule has 0 radical (unpaired) electrons. The van der Waals surface area contributed by atoms with E-state index >= 15 is 0 Å². The molecule has 0 bridgehead atoms. The number of carbonyl (C=O) groups is 1. The second-order valence-electron chi connectivity index (χ2n) is 13.1. The summed E-state index contributed by atoms with van der Waals surface area (Å²) in [5.74, 6) is -0.804. The number of rotatable bonds is 23. The molecule has 0 saturated heterocycles. The van der Waals surface area contributed by atoms with Gasteiger partial charge in [-0.1, -0.05) is 57.4 Å². The van der Waals surface area contributed by atoms with Crippen molar-refractivity contribution in [1.82, 2.24) is 9.62 Å². The third-order valence-electron chi connectivity index (χ3n) is 9.12. The Hall–Kier alpha value is -2.02. The molecule has 16 heteroatoms. The minimum atomic E-state index is -4.17. The fourth-order valence-corrected chi connectivity index (χ4v) is 11.2. The van der Waals surface area contributed by atoms with Crippen LogP contribution in [0, 0.1) is 11.8 Å². The molecule has 1 saturated carbocycles. The fraction of sp³-hybridized carbons (Fsp3) is 0.714. The summed E-state index contributed by atoms with van der Waals surface area (Å²) in [5.41, 5.74) is 0.419. The Kier molecular flexibility index (Phi) is 18.4. The SMILES string of the molecule is CCCCC[C@H](O)/C=C/[C@@H]1[C@@H](C/C=C\CCCC(=O)OCC/C=N/S(=O)(=O)c2cc3c(s2)S(=O)(=O)N(CCCOC)C[C@@H]3NCC)[C@@H](O)C[C@H]1O. The zero-order valence-corrected chi connectivity index (χ0v) is 32.5. The van der Waals surface area contributed by atoms with Gasteiger partial charge in [0.25, 0.3) is 20.0 Å². The molecule has 1 aliphatic heterocycles. The summed E-state index contributed by atoms with van der Waals surface area (Å²) in [7, 11) is -6.50. The normalized spacial score (nSPS) is 24.5. The number of esters is 1. The predicted octanol–water partition coefficient (Wildman–Crippen LogP) is 4.10. The van der Waals surface area contributed by atoms with Gasteiger partial charge in [-0.2, -0.15) is 17.1 Å². The molecule has 2 heterocycles. The van der Waals surface area contributed by atoms with E-state index in [1.165, 1.54) is 10.4 Å². The molecule has 4 N–H and O–H groups in total. The summed E-state index contributed by atoms with van der Waals surface area (Å²) < 4.78 is 67.7. The van der Waals surface area contributed by atoms with Crippen LogP contribution >= 0.6 is 11.3 Å². The second kappa shape index (κ2) is 21.6. The summed E-state index contributed by atoms with van der Waals surface area (Å²) in [6.45, 7) is 5.38. The van der Waals surface area contributed by atoms with Crippen LogP contribution in [0.4, 0.5) is 0 Å². The standard InChI is InChI=1S/C35H57N3O10S3/c1-4-6-9-14-26(39)17-18-28-27(31(40)24-32(28)41)15-10-7-8-11-16-33(42)48-22-12-19-37-50(43,44)34-23-29-30(36-5-2)25-38(20-13-21-47-3)51(45,46)35(29)49-34/h7,10,17-19,23,26-28,30-32,36,39-41H,4-6,8-9,11-16,20-22,24-25H2,1-3H3/b10-7-,18-17+,37-19+/t26-,27+,28+,30-,31-,32+/m0/s1. The molecule has 1 aromatic heterocycles. The Bertz CT molecular complexity index is 1530. The van der Waals surface area contributed by atoms with Crippen LogP contribution in [0.15, 0.2) is 43.2 Å². The molecule has 290 valence electrons. The summed E-state index contributed by atoms with van der Waals surface area (Å²) in [6, 6.07) is 1.03. The zero-order valence-electron chi connectivity index (χ0n) is 30.1. The lowest BCUT2D eigenvalue weighted by molar-refractivity contribution is -0.143. The molecule has 0 unspecified atom stereocenters. The van der Waals surface area contributed by atoms with E-state index < -0.39 is 44.3 Å². The van der Waals surface area contributed by atoms with E-state index in [2.05, 4.69) is 16.6 Å². The van der Waals surface area contributed by atoms with Crippen LogP contribution in [0.3, 0.4) is 0 Å². The molecule has 6 atom stereocenters. The summed E-state index contributed by atoms with van der Waals surface area (Å²) >= 11 is 0.689. The highest BCUT2D eigenvalue weighted by atomic mass is 32.3. The summed E-state index contributed by atoms with van der Waals surface area (Å²) in [6.07, 6.45) is 13.3. The van der Waals surface area contributed by atoms with Crippen LogP contribution in [0.5, 0.6) is 0 Å². The third kappa shape index (κ3) is 13.1. The van der Waals surface area contributed by atoms with Gasteiger partial charge in [-0.3, -0.25) is 4.79 Å². The average molecular weight is 776 g/mol. The number of likely N-dealkylation sites (N-methyl/N-ethyl adjacent to an activating group) is 1. The first-order valence-corrected chi connectivity index (χ1v) is 21.7. The van der Waals surface area contributed by atoms with E-state index in [1.54, 1.807) is 13.2 Å². The lowest BCUT2D eigenvalue weighted by atomic mass is 9.89. The topological polar surface area (TPSA) is 192 Å². The second-order valence-corrected chi connectivity index (χ2v) is 18.1. The number of unbranched alkanes of at least 4 members (excludes halogenated alkanes) is 3. The van der Waals surface area contributed by atoms with Crippen molar-refractivity contribution in [3.63, 3.8) is 0 Å². The van der Waals surface area contributed by atoms with Crippen LogP contribution in [-0.2, 0) is 34.3 Å². The van der Waals surface area contributed by atoms with Crippen LogP contribution in [0.2, 0.25) is 0 Å². The number of hydrogen-bond donors (Lipinski definition) is 4. The number of methoxy groups -OCH3 is 1. The molecule has 0 amide bonds. The number of nitrogens with zero attached hydrogens (tertiary/aromatic N) is 2. The van der Waals surface area contributed by atoms with Gasteiger partial charge in [0.2, 0.25) is 0 Å². The Morgan fingerprint density at radius 3 is 2.65 bits per heavy atom. The maximum Gasteiger partial charge on any atom is 0.305 e. The Balaban J connectivity index is 1.42. The van der Waals surface area contributed by atoms with E-state index in [9.17, 15) is 36.9 Å². The van der Waals surface area contributed by atoms with Crippen molar-refractivity contribution in [2.24, 2.45) is 16.2 Å². The van der Waals surface area contributed by atoms with E-state index in [4.69, 9.17) is 9.47 Å². The van der Waals surface area contributed by atoms with Gasteiger partial charge in [0.05, 0.1) is 24.9 Å². The highest BCUT2D eigenvalue weighted by Crippen LogP contribution is 2.41. The average Bonchev–Trinajstić information content (AvgIpc) is 3.66. The number of thiophene rings is 1. The van der Waals surface area contributed by atoms with Crippen LogP contribution in [0.25, 0.3) is 0 Å². The number of ether oxygens (including phenoxy) is 2. The molecular weight excluding hydrogens is 719 g/mol. The molecule has 1 fully saturated rings. The van der Waals surface area contributed by atoms with Gasteiger partial charge in [-0.05, 0) is 50.6 Å². The van der Waals surface area contributed by atoms with Gasteiger partial charge in [-0.25, -0.2) is 8.42 Å². The van der Waals surface area contributed by atoms with Crippen molar-refractivity contribution in [2.45, 2.75) is 117 Å². The number of allylic oxidation sites excluding steroid dienone is 2. The van der Waals surface area contributed by atoms with Crippen LogP contribution in [-0.4, -0.2) is 107 Å². The smallest absolute Gasteiger partial charge is 0.305 e. The third-order valence-corrected chi connectivity index (χ3v) is 14.4. The highest BCUT2D eigenvalue weighted by Gasteiger charge is 2.40. The van der Waals surface area contributed by atoms with Crippen LogP contribution in [0.1, 0.15) is 96.1 Å². The van der Waals surface area contributed by atoms with Gasteiger partial charge in [-0.15, -0.1) is 11.3 Å². The van der Waals surface area contributed by atoms with Gasteiger partial charge >= 0.3 is 5.97 Å². The van der Waals surface area contributed by atoms with Crippen molar-refractivity contribution in [3.8, 4) is 0 Å². The maximum atomic E-state index is 13.3. The Labute approximate surface area is 307 Å². The van der Waals surface area contributed by atoms with E-state index in [0.29, 0.717) is 68.6 Å². The largest absolute Gasteiger partial charge is 0.465 e. The van der Waals surface area contributed by atoms with Gasteiger partial charge < -0.3 is 30.1 Å². The summed E-state index contributed by atoms with van der Waals surface area (Å²) in [5, 5.41) is 34.3. The molecule has 1 aliphatic carbocycles. The van der Waals surface area contributed by atoms with Crippen molar-refractivity contribution in [1.29, 1.82) is 0 Å². The molecular formula is C35H57N3O10S3. The minimum absolute atomic E-state index is 0.00446. The van der Waals surface area contributed by atoms with Crippen molar-refractivity contribution < 1.29 is 46.4 Å². The molecule has 2 aliphatic rings. The predicted molar refractivity (Wildman–Crippen MR) is 198 cm³/mol. The number of carbonyl (C=O) groups excluding carboxylic acids is 1. The molecule has 51 heavy (non-hydrogen) atoms. The van der Waals surface area contributed by atoms with E-state index in [1.807, 2.05) is 25.2 Å². The van der Waals surface area contributed by atoms with E-state index in [-0.39, 0.29) is 58.8 Å². The van der Waals surface area contributed by atoms with Crippen molar-refractivity contribution in [2.75, 3.05) is 40.0 Å². The highest BCUT2D eigenvalue weighted by molar-refractivity contribution is 7.94. The molecule has 0 aromatic carbocycles. The first kappa shape index (κ1) is 43.4. The first-order chi connectivity index (χ1) is 24.3. The molecule has 13 nitrogen and oxygen atoms in total. The lowest BCUT2D eigenvalue weighted by Crippen LogP contribution is -2.43. The number of sulfonamides is 2. The first-order valence-electron chi connectivity index (χ1n) is 18.0. The Morgan fingerprint density at radius 2 is 1.92 bits per heavy atom. The van der Waals surface area contributed by atoms with E-state index in [0.717, 1.165) is 25.5 Å². The number of hydrogen-bond acceptors (Lipinski definition) is 12. The lowest BCUT2D eigenvalue weighted by Gasteiger charge is -2.32. The summed E-state index contributed by atoms with van der Waals surface area (Å²) in [4.78, 5) is 12.2. The maximum absolute atomic E-state index is 13.3. The monoisotopic (exact) mass is 775 g/mol. The van der Waals surface area contributed by atoms with Gasteiger partial charge in [0.15, 0.2) is 0 Å².